The molecule has 0 spiro atoms. The minimum absolute atomic E-state index is 0.00466. The molecule has 5 N–H and O–H groups in total. The number of fused-ring (bicyclic) bond motifs is 1. The van der Waals surface area contributed by atoms with Gasteiger partial charge >= 0.3 is 0 Å². The summed E-state index contributed by atoms with van der Waals surface area (Å²) in [4.78, 5) is 27.8. The molecule has 2 saturated heterocycles. The fourth-order valence-corrected chi connectivity index (χ4v) is 7.67. The van der Waals surface area contributed by atoms with Gasteiger partial charge in [-0.05, 0) is 41.8 Å². The van der Waals surface area contributed by atoms with Gasteiger partial charge in [-0.25, -0.2) is 24.0 Å². The van der Waals surface area contributed by atoms with Crippen molar-refractivity contribution in [3.05, 3.63) is 70.4 Å². The van der Waals surface area contributed by atoms with Crippen molar-refractivity contribution in [2.24, 2.45) is 16.2 Å². The van der Waals surface area contributed by atoms with Crippen molar-refractivity contribution in [3.8, 4) is 11.5 Å². The Labute approximate surface area is 262 Å². The monoisotopic (exact) mass is 657 g/mol. The molecule has 232 valence electrons. The molecule has 0 saturated carbocycles. The number of hydrazone groups is 1. The van der Waals surface area contributed by atoms with Gasteiger partial charge in [0.05, 0.1) is 53.1 Å². The van der Waals surface area contributed by atoms with E-state index in [1.54, 1.807) is 48.8 Å². The number of hydrogen-bond acceptors (Lipinski definition) is 12. The average Bonchev–Trinajstić information content (AvgIpc) is 3.79. The van der Waals surface area contributed by atoms with E-state index in [0.29, 0.717) is 30.2 Å². The van der Waals surface area contributed by atoms with Gasteiger partial charge in [-0.1, -0.05) is 18.2 Å². The lowest BCUT2D eigenvalue weighted by Crippen LogP contribution is -2.63. The van der Waals surface area contributed by atoms with Gasteiger partial charge in [0.25, 0.3) is 5.91 Å². The number of carbonyl (C=O) groups excluding carboxylic acids is 2. The number of methoxy groups -OCH3 is 2. The summed E-state index contributed by atoms with van der Waals surface area (Å²) in [5.74, 6) is 0.361. The summed E-state index contributed by atoms with van der Waals surface area (Å²) in [7, 11) is -0.693. The lowest BCUT2D eigenvalue weighted by molar-refractivity contribution is -0.130. The maximum absolute atomic E-state index is 13.8. The number of hydrogen-bond donors (Lipinski definition) is 4. The third kappa shape index (κ3) is 5.88. The highest BCUT2D eigenvalue weighted by Crippen LogP contribution is 2.42. The summed E-state index contributed by atoms with van der Waals surface area (Å²) >= 11 is 2.81. The number of amides is 2. The largest absolute Gasteiger partial charge is 0.493 e. The molecule has 0 aliphatic carbocycles. The van der Waals surface area contributed by atoms with E-state index in [-0.39, 0.29) is 22.5 Å². The minimum atomic E-state index is -3.83. The summed E-state index contributed by atoms with van der Waals surface area (Å²) in [6.45, 7) is 0.384. The zero-order valence-electron chi connectivity index (χ0n) is 23.8. The van der Waals surface area contributed by atoms with Crippen LogP contribution in [0.5, 0.6) is 11.5 Å². The van der Waals surface area contributed by atoms with Crippen LogP contribution >= 0.6 is 23.1 Å². The second-order valence-corrected chi connectivity index (χ2v) is 13.9. The van der Waals surface area contributed by atoms with E-state index >= 15 is 0 Å². The Morgan fingerprint density at radius 3 is 2.61 bits per heavy atom. The number of primary sulfonamides is 1. The minimum Gasteiger partial charge on any atom is -0.493 e. The van der Waals surface area contributed by atoms with Crippen molar-refractivity contribution in [2.75, 3.05) is 31.5 Å². The number of ether oxygens (including phenoxy) is 2. The highest BCUT2D eigenvalue weighted by Gasteiger charge is 2.45. The van der Waals surface area contributed by atoms with E-state index in [2.05, 4.69) is 16.1 Å². The van der Waals surface area contributed by atoms with Crippen LogP contribution in [0, 0.1) is 5.92 Å². The van der Waals surface area contributed by atoms with Crippen LogP contribution in [-0.2, 0) is 19.6 Å². The Morgan fingerprint density at radius 2 is 1.93 bits per heavy atom. The Hall–Kier alpha value is -3.67. The first-order valence-electron chi connectivity index (χ1n) is 13.7. The molecule has 13 nitrogen and oxygen atoms in total. The van der Waals surface area contributed by atoms with Crippen molar-refractivity contribution in [1.29, 1.82) is 0 Å². The van der Waals surface area contributed by atoms with Crippen molar-refractivity contribution in [2.45, 2.75) is 29.0 Å². The lowest BCUT2D eigenvalue weighted by Gasteiger charge is -2.37. The predicted molar refractivity (Wildman–Crippen MR) is 168 cm³/mol. The molecule has 2 amide bonds. The van der Waals surface area contributed by atoms with Gasteiger partial charge < -0.3 is 14.8 Å². The first-order valence-corrected chi connectivity index (χ1v) is 17.1. The fourth-order valence-electron chi connectivity index (χ4n) is 5.55. The maximum atomic E-state index is 13.8. The lowest BCUT2D eigenvalue weighted by atomic mass is 9.99. The highest BCUT2D eigenvalue weighted by atomic mass is 32.2. The second kappa shape index (κ2) is 12.4. The first kappa shape index (κ1) is 30.4. The highest BCUT2D eigenvalue weighted by molar-refractivity contribution is 8.00. The molecule has 16 heteroatoms. The van der Waals surface area contributed by atoms with Gasteiger partial charge in [-0.2, -0.15) is 5.10 Å². The van der Waals surface area contributed by atoms with Crippen LogP contribution in [0.15, 0.2) is 70.0 Å². The smallest absolute Gasteiger partial charge is 0.253 e. The molecule has 3 aliphatic rings. The van der Waals surface area contributed by atoms with Crippen LogP contribution in [0.4, 0.5) is 5.69 Å². The number of benzene rings is 2. The number of rotatable bonds is 9. The number of sulfonamides is 1. The van der Waals surface area contributed by atoms with Crippen LogP contribution in [0.2, 0.25) is 0 Å². The Balaban J connectivity index is 1.18. The molecule has 3 aliphatic heterocycles. The van der Waals surface area contributed by atoms with Crippen LogP contribution in [0.1, 0.15) is 22.9 Å². The zero-order chi connectivity index (χ0) is 31.0. The number of carbonyl (C=O) groups is 2. The maximum Gasteiger partial charge on any atom is 0.253 e. The average molecular weight is 658 g/mol. The molecule has 4 unspecified atom stereocenters. The number of thioether (sulfide) groups is 1. The molecule has 6 rings (SSSR count). The summed E-state index contributed by atoms with van der Waals surface area (Å²) in [6, 6.07) is 15.2. The number of thiophene rings is 1. The van der Waals surface area contributed by atoms with E-state index in [9.17, 15) is 18.0 Å². The number of nitrogens with two attached hydrogens (primary N) is 1. The third-order valence-corrected chi connectivity index (χ3v) is 10.5. The van der Waals surface area contributed by atoms with Crippen molar-refractivity contribution < 1.29 is 27.5 Å². The molecule has 1 aromatic heterocycles. The van der Waals surface area contributed by atoms with Gasteiger partial charge in [0.2, 0.25) is 15.9 Å². The van der Waals surface area contributed by atoms with Crippen molar-refractivity contribution in [1.82, 2.24) is 21.1 Å². The van der Waals surface area contributed by atoms with E-state index < -0.39 is 33.6 Å². The second-order valence-electron chi connectivity index (χ2n) is 10.3. The zero-order valence-corrected chi connectivity index (χ0v) is 26.2. The molecular formula is C28H31N7O6S3. The molecule has 4 heterocycles. The van der Waals surface area contributed by atoms with Crippen molar-refractivity contribution in [3.63, 3.8) is 0 Å². The Kier molecular flexibility index (Phi) is 8.54. The number of nitrogens with one attached hydrogen (secondary N) is 3. The van der Waals surface area contributed by atoms with Gasteiger partial charge in [0.1, 0.15) is 11.7 Å². The SMILES string of the molecule is COc1cccc(C2CC(c3cccs3)=NN2C(=O)CSC2NC(=O)C3CNN(c4ccc(S(N)(=O)=O)cc4)C3N2)c1OC. The summed E-state index contributed by atoms with van der Waals surface area (Å²) < 4.78 is 34.5. The van der Waals surface area contributed by atoms with Crippen LogP contribution in [0.25, 0.3) is 0 Å². The van der Waals surface area contributed by atoms with E-state index in [1.165, 1.54) is 28.9 Å². The van der Waals surface area contributed by atoms with Gasteiger partial charge in [-0.15, -0.1) is 23.1 Å². The fraction of sp³-hybridized carbons (Fsp3) is 0.321. The molecule has 3 aromatic rings. The number of anilines is 1. The van der Waals surface area contributed by atoms with Crippen LogP contribution < -0.4 is 35.7 Å². The van der Waals surface area contributed by atoms with E-state index in [0.717, 1.165) is 16.2 Å². The molecule has 44 heavy (non-hydrogen) atoms. The van der Waals surface area contributed by atoms with E-state index in [4.69, 9.17) is 19.7 Å². The quantitative estimate of drug-likeness (QED) is 0.266. The number of para-hydroxylation sites is 1. The number of nitrogens with zero attached hydrogens (tertiary/aromatic N) is 3. The first-order chi connectivity index (χ1) is 21.2. The van der Waals surface area contributed by atoms with E-state index in [1.807, 2.05) is 29.6 Å². The van der Waals surface area contributed by atoms with Gasteiger partial charge in [0.15, 0.2) is 11.5 Å². The molecule has 0 bridgehead atoms. The topological polar surface area (TPSA) is 168 Å². The molecule has 2 aromatic carbocycles. The van der Waals surface area contributed by atoms with Crippen LogP contribution in [0.3, 0.4) is 0 Å². The van der Waals surface area contributed by atoms with Crippen LogP contribution in [-0.4, -0.2) is 69.1 Å². The standard InChI is InChI=1S/C28H31N7O6S3/c1-40-22-6-3-5-18(25(22)41-2)21-13-20(23-7-4-12-42-23)33-35(21)24(36)15-43-28-31-26-19(27(37)32-28)14-30-34(26)16-8-10-17(11-9-16)44(29,38)39/h3-12,19,21,26,28,30-31H,13-15H2,1-2H3,(H,32,37)(H2,29,38,39). The van der Waals surface area contributed by atoms with Gasteiger partial charge in [0, 0.05) is 18.5 Å². The summed E-state index contributed by atoms with van der Waals surface area (Å²) in [5, 5.41) is 21.6. The molecular weight excluding hydrogens is 627 g/mol. The Bertz CT molecular complexity index is 1680. The third-order valence-electron chi connectivity index (χ3n) is 7.65. The molecule has 0 radical (unpaired) electrons. The molecule has 4 atom stereocenters. The number of hydrazine groups is 1. The summed E-state index contributed by atoms with van der Waals surface area (Å²) in [6.07, 6.45) is 0.0775. The predicted octanol–water partition coefficient (Wildman–Crippen LogP) is 1.79. The van der Waals surface area contributed by atoms with Gasteiger partial charge in [-0.3, -0.25) is 19.9 Å². The Morgan fingerprint density at radius 1 is 1.14 bits per heavy atom. The normalized spacial score (nSPS) is 23.2. The van der Waals surface area contributed by atoms with Crippen molar-refractivity contribution >= 4 is 56.3 Å². The summed E-state index contributed by atoms with van der Waals surface area (Å²) in [5.41, 5.74) is 4.89. The molecule has 2 fully saturated rings.